The third kappa shape index (κ3) is 7.63. The summed E-state index contributed by atoms with van der Waals surface area (Å²) in [6.45, 7) is 12.8. The second-order valence-electron chi connectivity index (χ2n) is 8.35. The summed E-state index contributed by atoms with van der Waals surface area (Å²) in [4.78, 5) is 17.9. The van der Waals surface area contributed by atoms with Crippen molar-refractivity contribution >= 4 is 11.9 Å². The van der Waals surface area contributed by atoms with Crippen LogP contribution in [-0.2, 0) is 9.53 Å². The van der Waals surface area contributed by atoms with Crippen LogP contribution in [0.5, 0.6) is 0 Å². The largest absolute Gasteiger partial charge is 0.377 e. The first-order chi connectivity index (χ1) is 11.6. The highest BCUT2D eigenvalue weighted by Gasteiger charge is 2.35. The van der Waals surface area contributed by atoms with Crippen LogP contribution < -0.4 is 10.6 Å². The van der Waals surface area contributed by atoms with Gasteiger partial charge in [-0.25, -0.2) is 4.99 Å². The van der Waals surface area contributed by atoms with E-state index in [1.54, 1.807) is 19.0 Å². The van der Waals surface area contributed by atoms with Gasteiger partial charge in [-0.1, -0.05) is 27.7 Å². The summed E-state index contributed by atoms with van der Waals surface area (Å²) in [5, 5.41) is 6.82. The van der Waals surface area contributed by atoms with E-state index in [2.05, 4.69) is 50.2 Å². The second kappa shape index (κ2) is 10.00. The highest BCUT2D eigenvalue weighted by atomic mass is 16.5. The number of likely N-dealkylation sites (N-methyl/N-ethyl adjacent to an activating group) is 1. The first-order valence-electron chi connectivity index (χ1n) is 9.51. The van der Waals surface area contributed by atoms with E-state index in [0.717, 1.165) is 32.4 Å². The predicted octanol–water partition coefficient (Wildman–Crippen LogP) is 2.25. The molecule has 25 heavy (non-hydrogen) atoms. The van der Waals surface area contributed by atoms with E-state index in [4.69, 9.17) is 4.74 Å². The molecule has 0 aromatic heterocycles. The molecule has 1 rings (SSSR count). The fourth-order valence-corrected chi connectivity index (χ4v) is 3.01. The maximum absolute atomic E-state index is 11.8. The van der Waals surface area contributed by atoms with Crippen molar-refractivity contribution in [3.63, 3.8) is 0 Å². The molecule has 0 radical (unpaired) electrons. The number of hydrogen-bond acceptors (Lipinski definition) is 3. The van der Waals surface area contributed by atoms with Crippen molar-refractivity contribution in [1.29, 1.82) is 0 Å². The molecule has 0 saturated carbocycles. The molecule has 1 fully saturated rings. The van der Waals surface area contributed by atoms with Gasteiger partial charge in [-0.15, -0.1) is 0 Å². The summed E-state index contributed by atoms with van der Waals surface area (Å²) in [6.07, 6.45) is 3.49. The summed E-state index contributed by atoms with van der Waals surface area (Å²) < 4.78 is 6.06. The molecule has 0 aromatic rings. The minimum Gasteiger partial charge on any atom is -0.377 e. The Morgan fingerprint density at radius 2 is 2.04 bits per heavy atom. The Labute approximate surface area is 153 Å². The van der Waals surface area contributed by atoms with Crippen molar-refractivity contribution in [2.24, 2.45) is 16.3 Å². The normalized spacial score (nSPS) is 23.1. The van der Waals surface area contributed by atoms with Crippen molar-refractivity contribution in [2.75, 3.05) is 33.8 Å². The van der Waals surface area contributed by atoms with Crippen LogP contribution in [0.1, 0.15) is 53.9 Å². The Morgan fingerprint density at radius 3 is 2.60 bits per heavy atom. The molecule has 0 aromatic carbocycles. The molecule has 1 aliphatic heterocycles. The van der Waals surface area contributed by atoms with Gasteiger partial charge in [0.15, 0.2) is 5.96 Å². The maximum atomic E-state index is 11.8. The van der Waals surface area contributed by atoms with E-state index in [9.17, 15) is 4.79 Å². The fourth-order valence-electron chi connectivity index (χ4n) is 3.01. The van der Waals surface area contributed by atoms with E-state index in [1.165, 1.54) is 0 Å². The predicted molar refractivity (Wildman–Crippen MR) is 104 cm³/mol. The van der Waals surface area contributed by atoms with Crippen molar-refractivity contribution in [1.82, 2.24) is 15.5 Å². The maximum Gasteiger partial charge on any atom is 0.243 e. The second-order valence-corrected chi connectivity index (χ2v) is 8.35. The van der Waals surface area contributed by atoms with Gasteiger partial charge in [0.1, 0.15) is 6.54 Å². The molecule has 6 nitrogen and oxygen atoms in total. The number of amides is 1. The van der Waals surface area contributed by atoms with Crippen LogP contribution in [0.25, 0.3) is 0 Å². The van der Waals surface area contributed by atoms with Crippen LogP contribution in [0.3, 0.4) is 0 Å². The Morgan fingerprint density at radius 1 is 1.36 bits per heavy atom. The molecule has 6 heteroatoms. The molecule has 1 saturated heterocycles. The molecule has 3 atom stereocenters. The number of guanidine groups is 1. The van der Waals surface area contributed by atoms with E-state index in [-0.39, 0.29) is 24.0 Å². The molecular formula is C19H38N4O2. The first kappa shape index (κ1) is 21.7. The van der Waals surface area contributed by atoms with Gasteiger partial charge >= 0.3 is 0 Å². The smallest absolute Gasteiger partial charge is 0.243 e. The van der Waals surface area contributed by atoms with Gasteiger partial charge in [-0.3, -0.25) is 4.79 Å². The minimum absolute atomic E-state index is 0.00109. The number of carbonyl (C=O) groups excluding carboxylic acids is 1. The van der Waals surface area contributed by atoms with Gasteiger partial charge in [0.05, 0.1) is 6.10 Å². The van der Waals surface area contributed by atoms with Crippen LogP contribution in [0.2, 0.25) is 0 Å². The molecule has 0 bridgehead atoms. The van der Waals surface area contributed by atoms with Crippen molar-refractivity contribution < 1.29 is 9.53 Å². The lowest BCUT2D eigenvalue weighted by Crippen LogP contribution is -2.49. The molecule has 1 amide bonds. The lowest BCUT2D eigenvalue weighted by atomic mass is 9.78. The number of carbonyl (C=O) groups is 1. The zero-order chi connectivity index (χ0) is 19.0. The molecule has 146 valence electrons. The summed E-state index contributed by atoms with van der Waals surface area (Å²) in [6, 6.07) is 0.307. The summed E-state index contributed by atoms with van der Waals surface area (Å²) in [5.41, 5.74) is 0.120. The quantitative estimate of drug-likeness (QED) is 0.567. The van der Waals surface area contributed by atoms with Crippen molar-refractivity contribution in [3.8, 4) is 0 Å². The number of rotatable bonds is 6. The lowest BCUT2D eigenvalue weighted by Gasteiger charge is -2.40. The van der Waals surface area contributed by atoms with Crippen LogP contribution in [0.4, 0.5) is 0 Å². The van der Waals surface area contributed by atoms with Crippen molar-refractivity contribution in [2.45, 2.75) is 66.0 Å². The summed E-state index contributed by atoms with van der Waals surface area (Å²) in [7, 11) is 3.50. The minimum atomic E-state index is -0.00109. The van der Waals surface area contributed by atoms with Gasteiger partial charge < -0.3 is 20.3 Å². The van der Waals surface area contributed by atoms with E-state index >= 15 is 0 Å². The van der Waals surface area contributed by atoms with Gasteiger partial charge in [0.2, 0.25) is 5.91 Å². The van der Waals surface area contributed by atoms with Crippen LogP contribution in [-0.4, -0.2) is 62.7 Å². The third-order valence-corrected chi connectivity index (χ3v) is 4.70. The molecular weight excluding hydrogens is 316 g/mol. The van der Waals surface area contributed by atoms with Crippen LogP contribution >= 0.6 is 0 Å². The van der Waals surface area contributed by atoms with E-state index in [1.807, 2.05) is 0 Å². The molecule has 1 heterocycles. The fraction of sp³-hybridized carbons (Fsp3) is 0.895. The number of ether oxygens (including phenoxy) is 1. The monoisotopic (exact) mass is 354 g/mol. The van der Waals surface area contributed by atoms with Gasteiger partial charge in [0.25, 0.3) is 0 Å². The Kier molecular flexibility index (Phi) is 8.69. The molecule has 0 spiro atoms. The van der Waals surface area contributed by atoms with Crippen LogP contribution in [0, 0.1) is 11.3 Å². The van der Waals surface area contributed by atoms with Gasteiger partial charge in [0, 0.05) is 39.2 Å². The average molecular weight is 355 g/mol. The molecule has 2 N–H and O–H groups in total. The SMILES string of the molecule is CCC(C)NC(=NCC(=O)N(C)C)NCC1CCCOC1C(C)(C)C. The van der Waals surface area contributed by atoms with Gasteiger partial charge in [-0.05, 0) is 31.6 Å². The summed E-state index contributed by atoms with van der Waals surface area (Å²) in [5.74, 6) is 1.16. The number of nitrogens with one attached hydrogen (secondary N) is 2. The van der Waals surface area contributed by atoms with Gasteiger partial charge in [-0.2, -0.15) is 0 Å². The highest BCUT2D eigenvalue weighted by Crippen LogP contribution is 2.33. The standard InChI is InChI=1S/C19H38N4O2/c1-8-14(2)22-18(21-13-16(24)23(6)7)20-12-15-10-9-11-25-17(15)19(3,4)5/h14-15,17H,8-13H2,1-7H3,(H2,20,21,22). The average Bonchev–Trinajstić information content (AvgIpc) is 2.55. The zero-order valence-corrected chi connectivity index (χ0v) is 17.2. The van der Waals surface area contributed by atoms with E-state index < -0.39 is 0 Å². The molecule has 0 aliphatic carbocycles. The van der Waals surface area contributed by atoms with E-state index in [0.29, 0.717) is 17.9 Å². The topological polar surface area (TPSA) is 66.0 Å². The zero-order valence-electron chi connectivity index (χ0n) is 17.2. The molecule has 3 unspecified atom stereocenters. The number of nitrogens with zero attached hydrogens (tertiary/aromatic N) is 2. The molecule has 1 aliphatic rings. The highest BCUT2D eigenvalue weighted by molar-refractivity contribution is 5.84. The van der Waals surface area contributed by atoms with Crippen molar-refractivity contribution in [3.05, 3.63) is 0 Å². The number of hydrogen-bond donors (Lipinski definition) is 2. The number of aliphatic imine (C=N–C) groups is 1. The first-order valence-corrected chi connectivity index (χ1v) is 9.51. The Hall–Kier alpha value is -1.30. The Balaban J connectivity index is 2.72. The van der Waals surface area contributed by atoms with Crippen LogP contribution in [0.15, 0.2) is 4.99 Å². The lowest BCUT2D eigenvalue weighted by molar-refractivity contribution is -0.127. The third-order valence-electron chi connectivity index (χ3n) is 4.70. The summed E-state index contributed by atoms with van der Waals surface area (Å²) >= 11 is 0. The Bertz CT molecular complexity index is 443.